The van der Waals surface area contributed by atoms with E-state index in [2.05, 4.69) is 5.32 Å². The summed E-state index contributed by atoms with van der Waals surface area (Å²) < 4.78 is 10.5. The first-order valence-electron chi connectivity index (χ1n) is 8.99. The van der Waals surface area contributed by atoms with Gasteiger partial charge < -0.3 is 14.8 Å². The molecule has 1 atom stereocenters. The van der Waals surface area contributed by atoms with Gasteiger partial charge in [-0.15, -0.1) is 0 Å². The number of carbonyl (C=O) groups excluding carboxylic acids is 2. The standard InChI is InChI=1S/C23H20ClNO4/c1-15(22(26)25-20-14-19(24)12-13-21(20)28-2)29-23(27)18-10-8-17(9-11-18)16-6-4-3-5-7-16/h3-15H,1-2H3,(H,25,26)/t15-/m0/s1. The van der Waals surface area contributed by atoms with Crippen LogP contribution in [0.3, 0.4) is 0 Å². The molecule has 0 bridgehead atoms. The normalized spacial score (nSPS) is 11.4. The molecule has 0 saturated carbocycles. The second kappa shape index (κ2) is 9.26. The van der Waals surface area contributed by atoms with E-state index in [-0.39, 0.29) is 0 Å². The van der Waals surface area contributed by atoms with Crippen LogP contribution >= 0.6 is 11.6 Å². The molecule has 29 heavy (non-hydrogen) atoms. The van der Waals surface area contributed by atoms with Crippen LogP contribution in [0.4, 0.5) is 5.69 Å². The monoisotopic (exact) mass is 409 g/mol. The van der Waals surface area contributed by atoms with Crippen molar-refractivity contribution >= 4 is 29.2 Å². The Morgan fingerprint density at radius 2 is 1.59 bits per heavy atom. The first-order chi connectivity index (χ1) is 14.0. The van der Waals surface area contributed by atoms with Gasteiger partial charge in [0.1, 0.15) is 5.75 Å². The highest BCUT2D eigenvalue weighted by molar-refractivity contribution is 6.31. The van der Waals surface area contributed by atoms with Gasteiger partial charge in [0.25, 0.3) is 5.91 Å². The Hall–Kier alpha value is -3.31. The Bertz CT molecular complexity index is 1000. The van der Waals surface area contributed by atoms with Crippen molar-refractivity contribution in [3.05, 3.63) is 83.4 Å². The Morgan fingerprint density at radius 3 is 2.24 bits per heavy atom. The van der Waals surface area contributed by atoms with Crippen molar-refractivity contribution in [2.24, 2.45) is 0 Å². The zero-order chi connectivity index (χ0) is 20.8. The number of amides is 1. The lowest BCUT2D eigenvalue weighted by molar-refractivity contribution is -0.123. The number of methoxy groups -OCH3 is 1. The zero-order valence-corrected chi connectivity index (χ0v) is 16.8. The van der Waals surface area contributed by atoms with Gasteiger partial charge >= 0.3 is 5.97 Å². The van der Waals surface area contributed by atoms with Crippen molar-refractivity contribution in [2.45, 2.75) is 13.0 Å². The van der Waals surface area contributed by atoms with E-state index in [1.54, 1.807) is 30.3 Å². The first kappa shape index (κ1) is 20.4. The lowest BCUT2D eigenvalue weighted by atomic mass is 10.0. The average Bonchev–Trinajstić information content (AvgIpc) is 2.74. The summed E-state index contributed by atoms with van der Waals surface area (Å²) in [7, 11) is 1.49. The van der Waals surface area contributed by atoms with Crippen molar-refractivity contribution in [2.75, 3.05) is 12.4 Å². The largest absolute Gasteiger partial charge is 0.495 e. The molecule has 5 nitrogen and oxygen atoms in total. The van der Waals surface area contributed by atoms with E-state index in [9.17, 15) is 9.59 Å². The van der Waals surface area contributed by atoms with E-state index in [4.69, 9.17) is 21.1 Å². The molecule has 0 aliphatic rings. The molecule has 148 valence electrons. The Balaban J connectivity index is 1.64. The van der Waals surface area contributed by atoms with Gasteiger partial charge in [-0.25, -0.2) is 4.79 Å². The van der Waals surface area contributed by atoms with E-state index >= 15 is 0 Å². The molecule has 0 spiro atoms. The van der Waals surface area contributed by atoms with E-state index in [1.165, 1.54) is 14.0 Å². The highest BCUT2D eigenvalue weighted by Gasteiger charge is 2.20. The van der Waals surface area contributed by atoms with Crippen LogP contribution < -0.4 is 10.1 Å². The predicted molar refractivity (Wildman–Crippen MR) is 113 cm³/mol. The maximum absolute atomic E-state index is 12.4. The summed E-state index contributed by atoms with van der Waals surface area (Å²) in [5.41, 5.74) is 2.81. The van der Waals surface area contributed by atoms with Crippen molar-refractivity contribution in [3.8, 4) is 16.9 Å². The number of halogens is 1. The molecule has 0 aromatic heterocycles. The fourth-order valence-corrected chi connectivity index (χ4v) is 2.90. The lowest BCUT2D eigenvalue weighted by Gasteiger charge is -2.15. The highest BCUT2D eigenvalue weighted by atomic mass is 35.5. The van der Waals surface area contributed by atoms with Crippen LogP contribution in [0.25, 0.3) is 11.1 Å². The van der Waals surface area contributed by atoms with Crippen molar-refractivity contribution < 1.29 is 19.1 Å². The number of hydrogen-bond donors (Lipinski definition) is 1. The van der Waals surface area contributed by atoms with Crippen molar-refractivity contribution in [1.82, 2.24) is 0 Å². The summed E-state index contributed by atoms with van der Waals surface area (Å²) in [6.07, 6.45) is -1.00. The Labute approximate surface area is 174 Å². The molecule has 0 unspecified atom stereocenters. The van der Waals surface area contributed by atoms with Gasteiger partial charge in [0.2, 0.25) is 0 Å². The van der Waals surface area contributed by atoms with Crippen LogP contribution in [0.15, 0.2) is 72.8 Å². The van der Waals surface area contributed by atoms with Crippen molar-refractivity contribution in [1.29, 1.82) is 0 Å². The number of esters is 1. The minimum absolute atomic E-state index is 0.365. The second-order valence-electron chi connectivity index (χ2n) is 6.32. The van der Waals surface area contributed by atoms with Gasteiger partial charge in [-0.05, 0) is 48.4 Å². The number of ether oxygens (including phenoxy) is 2. The SMILES string of the molecule is COc1ccc(Cl)cc1NC(=O)[C@H](C)OC(=O)c1ccc(-c2ccccc2)cc1. The Kier molecular flexibility index (Phi) is 6.52. The maximum Gasteiger partial charge on any atom is 0.338 e. The van der Waals surface area contributed by atoms with Crippen LogP contribution in [-0.4, -0.2) is 25.1 Å². The van der Waals surface area contributed by atoms with E-state index in [1.807, 2.05) is 42.5 Å². The molecule has 0 heterocycles. The summed E-state index contributed by atoms with van der Waals surface area (Å²) in [4.78, 5) is 24.8. The highest BCUT2D eigenvalue weighted by Crippen LogP contribution is 2.28. The van der Waals surface area contributed by atoms with Crippen LogP contribution in [0.1, 0.15) is 17.3 Å². The molecule has 3 aromatic carbocycles. The summed E-state index contributed by atoms with van der Waals surface area (Å²) in [6.45, 7) is 1.50. The smallest absolute Gasteiger partial charge is 0.338 e. The summed E-state index contributed by atoms with van der Waals surface area (Å²) in [5, 5.41) is 3.11. The molecule has 0 fully saturated rings. The van der Waals surface area contributed by atoms with Gasteiger partial charge in [0.15, 0.2) is 6.10 Å². The lowest BCUT2D eigenvalue weighted by Crippen LogP contribution is -2.30. The van der Waals surface area contributed by atoms with Crippen LogP contribution in [0, 0.1) is 0 Å². The molecular formula is C23H20ClNO4. The number of anilines is 1. The third-order valence-corrected chi connectivity index (χ3v) is 4.54. The van der Waals surface area contributed by atoms with E-state index in [0.717, 1.165) is 11.1 Å². The average molecular weight is 410 g/mol. The molecule has 1 N–H and O–H groups in total. The molecule has 0 radical (unpaired) electrons. The topological polar surface area (TPSA) is 64.6 Å². The van der Waals surface area contributed by atoms with Gasteiger partial charge in [-0.1, -0.05) is 54.1 Å². The van der Waals surface area contributed by atoms with Crippen LogP contribution in [0.5, 0.6) is 5.75 Å². The molecule has 3 aromatic rings. The molecule has 3 rings (SSSR count). The molecule has 0 saturated heterocycles. The van der Waals surface area contributed by atoms with Gasteiger partial charge in [-0.2, -0.15) is 0 Å². The quantitative estimate of drug-likeness (QED) is 0.568. The molecule has 6 heteroatoms. The van der Waals surface area contributed by atoms with Gasteiger partial charge in [0.05, 0.1) is 18.4 Å². The Morgan fingerprint density at radius 1 is 0.931 bits per heavy atom. The number of carbonyl (C=O) groups is 2. The minimum Gasteiger partial charge on any atom is -0.495 e. The van der Waals surface area contributed by atoms with Gasteiger partial charge in [-0.3, -0.25) is 4.79 Å². The molecule has 0 aliphatic carbocycles. The summed E-state index contributed by atoms with van der Waals surface area (Å²) >= 11 is 5.97. The fraction of sp³-hybridized carbons (Fsp3) is 0.130. The summed E-state index contributed by atoms with van der Waals surface area (Å²) in [5.74, 6) is -0.608. The molecule has 0 aliphatic heterocycles. The second-order valence-corrected chi connectivity index (χ2v) is 6.76. The van der Waals surface area contributed by atoms with Gasteiger partial charge in [0, 0.05) is 5.02 Å². The van der Waals surface area contributed by atoms with Crippen LogP contribution in [0.2, 0.25) is 5.02 Å². The number of benzene rings is 3. The van der Waals surface area contributed by atoms with Crippen molar-refractivity contribution in [3.63, 3.8) is 0 Å². The summed E-state index contributed by atoms with van der Waals surface area (Å²) in [6, 6.07) is 21.7. The fourth-order valence-electron chi connectivity index (χ4n) is 2.72. The zero-order valence-electron chi connectivity index (χ0n) is 16.0. The third kappa shape index (κ3) is 5.15. The molecule has 1 amide bonds. The predicted octanol–water partition coefficient (Wildman–Crippen LogP) is 5.20. The number of hydrogen-bond acceptors (Lipinski definition) is 4. The van der Waals surface area contributed by atoms with E-state index < -0.39 is 18.0 Å². The number of rotatable bonds is 6. The molecular weight excluding hydrogens is 390 g/mol. The van der Waals surface area contributed by atoms with E-state index in [0.29, 0.717) is 22.0 Å². The minimum atomic E-state index is -1.00. The third-order valence-electron chi connectivity index (χ3n) is 4.30. The van der Waals surface area contributed by atoms with Crippen LogP contribution in [-0.2, 0) is 9.53 Å². The number of nitrogens with one attached hydrogen (secondary N) is 1. The first-order valence-corrected chi connectivity index (χ1v) is 9.36. The maximum atomic E-state index is 12.4.